The monoisotopic (exact) mass is 1030 g/mol. The van der Waals surface area contributed by atoms with Gasteiger partial charge in [0.25, 0.3) is 6.71 Å². The topological polar surface area (TPSA) is 76.8 Å². The molecule has 0 saturated heterocycles. The van der Waals surface area contributed by atoms with Crippen LogP contribution in [0.1, 0.15) is 52.8 Å². The van der Waals surface area contributed by atoms with Gasteiger partial charge in [-0.25, -0.2) is 4.98 Å². The van der Waals surface area contributed by atoms with Crippen LogP contribution in [0.25, 0.3) is 61.4 Å². The van der Waals surface area contributed by atoms with E-state index in [1.165, 1.54) is 105 Å². The minimum Gasteiger partial charge on any atom is -0.267 e. The van der Waals surface area contributed by atoms with Crippen molar-refractivity contribution in [2.24, 2.45) is 4.99 Å². The molecule has 0 radical (unpaired) electrons. The second kappa shape index (κ2) is 19.2. The van der Waals surface area contributed by atoms with Crippen LogP contribution in [0.2, 0.25) is 0 Å². The second-order valence-corrected chi connectivity index (χ2v) is 22.8. The maximum absolute atomic E-state index is 5.36. The molecule has 5 aliphatic rings. The highest BCUT2D eigenvalue weighted by atomic mass is 14.8. The third-order valence-electron chi connectivity index (χ3n) is 17.8. The first kappa shape index (κ1) is 47.7. The van der Waals surface area contributed by atoms with Gasteiger partial charge in [0.1, 0.15) is 0 Å². The van der Waals surface area contributed by atoms with Crippen LogP contribution < -0.4 is 49.4 Å². The van der Waals surface area contributed by atoms with Crippen molar-refractivity contribution in [3.05, 3.63) is 251 Å². The molecule has 0 unspecified atom stereocenters. The van der Waals surface area contributed by atoms with Crippen LogP contribution in [0.15, 0.2) is 216 Å². The number of allylic oxidation sites excluding steroid dienone is 5. The van der Waals surface area contributed by atoms with Gasteiger partial charge < -0.3 is 0 Å². The normalized spacial score (nSPS) is 14.1. The predicted octanol–water partition coefficient (Wildman–Crippen LogP) is 8.88. The molecule has 380 valence electrons. The van der Waals surface area contributed by atoms with Gasteiger partial charge in [0.15, 0.2) is 0 Å². The van der Waals surface area contributed by atoms with Crippen molar-refractivity contribution >= 4 is 109 Å². The zero-order chi connectivity index (χ0) is 53.7. The smallest absolute Gasteiger partial charge is 0.267 e. The van der Waals surface area contributed by atoms with E-state index in [4.69, 9.17) is 29.9 Å². The quantitative estimate of drug-likeness (QED) is 0.135. The van der Waals surface area contributed by atoms with E-state index in [2.05, 4.69) is 220 Å². The molecule has 0 fully saturated rings. The largest absolute Gasteiger partial charge is 0.290 e. The van der Waals surface area contributed by atoms with Gasteiger partial charge in [0.05, 0.1) is 27.9 Å². The maximum Gasteiger partial charge on any atom is 0.290 e. The van der Waals surface area contributed by atoms with Crippen molar-refractivity contribution in [2.75, 3.05) is 0 Å². The fourth-order valence-electron chi connectivity index (χ4n) is 13.7. The summed E-state index contributed by atoms with van der Waals surface area (Å²) in [4.78, 5) is 31.4. The average Bonchev–Trinajstić information content (AvgIpc) is 3.92. The molecule has 0 amide bonds. The highest BCUT2D eigenvalue weighted by Crippen LogP contribution is 2.35. The highest BCUT2D eigenvalue weighted by Gasteiger charge is 2.39. The van der Waals surface area contributed by atoms with Crippen molar-refractivity contribution < 1.29 is 0 Å². The van der Waals surface area contributed by atoms with E-state index in [0.717, 1.165) is 94.7 Å². The summed E-state index contributed by atoms with van der Waals surface area (Å²) in [7, 11) is 0. The number of hydrogen-bond acceptors (Lipinski definition) is 6. The van der Waals surface area contributed by atoms with Crippen LogP contribution in [0, 0.1) is 6.92 Å². The standard InChI is InChI=1S/C72H53B3N6/c1-44-18-23-47-34-59-60-35-49-26-28-54(79-68(49)40-65(60)73(51-12-6-3-7-13-51)63(59)36-48(47)24-19-44)27-22-46-21-25-50-37-64-61(38-67(50)76-42-46)62-39-69-70(41-66(62)74(64)52-14-8-4-9-15-52)80-56(43-77-69)30-29-55-31-33-58-57-32-20-45(2)78-71(57)75(72(58)81-55)53-16-10-5-11-17-53/h3-21,23,26,28,31-43H,22,24-25,27,29-30H2,1-2H3. The molecule has 6 nitrogen and oxygen atoms in total. The molecule has 0 N–H and O–H groups in total. The Morgan fingerprint density at radius 3 is 1.77 bits per heavy atom. The number of nitrogens with zero attached hydrogens (tertiary/aromatic N) is 6. The van der Waals surface area contributed by atoms with Crippen molar-refractivity contribution in [1.29, 1.82) is 0 Å². The number of aliphatic imine (C=N–C) groups is 1. The SMILES string of the molecule is CC1=CCc2cc3c(cc2C=C1)-c1cc2ccc(CCC4=CCc5cc6c(cc5N=C4)-c4cc5ncc(CCc7ccc8c(n7)B(c7ccccc7)c7nc(C)ccc7-8)nc5cc4B6c4ccccc4)nc2cc1B3c1ccccc1. The van der Waals surface area contributed by atoms with Gasteiger partial charge in [-0.15, -0.1) is 0 Å². The van der Waals surface area contributed by atoms with Crippen LogP contribution in [0.4, 0.5) is 5.69 Å². The molecule has 1 aliphatic carbocycles. The Morgan fingerprint density at radius 1 is 0.420 bits per heavy atom. The number of aryl methyl sites for hydroxylation is 4. The third-order valence-corrected chi connectivity index (χ3v) is 17.8. The Balaban J connectivity index is 0.660. The first-order valence-electron chi connectivity index (χ1n) is 28.7. The van der Waals surface area contributed by atoms with E-state index in [0.29, 0.717) is 0 Å². The molecule has 8 heterocycles. The van der Waals surface area contributed by atoms with E-state index in [1.54, 1.807) is 0 Å². The Kier molecular flexibility index (Phi) is 11.3. The van der Waals surface area contributed by atoms with Gasteiger partial charge in [-0.1, -0.05) is 189 Å². The van der Waals surface area contributed by atoms with E-state index < -0.39 is 0 Å². The zero-order valence-corrected chi connectivity index (χ0v) is 45.4. The van der Waals surface area contributed by atoms with Gasteiger partial charge in [-0.2, -0.15) is 0 Å². The average molecular weight is 1030 g/mol. The molecule has 0 spiro atoms. The summed E-state index contributed by atoms with van der Waals surface area (Å²) in [6.07, 6.45) is 18.3. The van der Waals surface area contributed by atoms with Gasteiger partial charge in [-0.3, -0.25) is 24.9 Å². The summed E-state index contributed by atoms with van der Waals surface area (Å²) in [5.74, 6) is 0. The van der Waals surface area contributed by atoms with Gasteiger partial charge in [0, 0.05) is 46.1 Å². The molecular weight excluding hydrogens is 981 g/mol. The molecule has 7 aromatic carbocycles. The van der Waals surface area contributed by atoms with Crippen LogP contribution >= 0.6 is 0 Å². The first-order valence-corrected chi connectivity index (χ1v) is 28.7. The van der Waals surface area contributed by atoms with Crippen molar-refractivity contribution in [3.63, 3.8) is 0 Å². The van der Waals surface area contributed by atoms with E-state index in [9.17, 15) is 0 Å². The number of fused-ring (bicyclic) bond motifs is 13. The van der Waals surface area contributed by atoms with Gasteiger partial charge in [0.2, 0.25) is 13.4 Å². The molecule has 0 atom stereocenters. The lowest BCUT2D eigenvalue weighted by atomic mass is 9.39. The number of hydrogen-bond donors (Lipinski definition) is 0. The maximum atomic E-state index is 5.36. The third kappa shape index (κ3) is 8.28. The van der Waals surface area contributed by atoms with E-state index in [1.807, 2.05) is 6.20 Å². The lowest BCUT2D eigenvalue weighted by Gasteiger charge is -2.13. The lowest BCUT2D eigenvalue weighted by Crippen LogP contribution is -2.51. The van der Waals surface area contributed by atoms with E-state index in [-0.39, 0.29) is 20.1 Å². The Bertz CT molecular complexity index is 4570. The summed E-state index contributed by atoms with van der Waals surface area (Å²) in [5.41, 5.74) is 33.2. The van der Waals surface area contributed by atoms with Crippen LogP contribution in [-0.4, -0.2) is 51.3 Å². The lowest BCUT2D eigenvalue weighted by molar-refractivity contribution is 0.883. The highest BCUT2D eigenvalue weighted by molar-refractivity contribution is 7.00. The fourth-order valence-corrected chi connectivity index (χ4v) is 13.7. The fraction of sp³-hybridized carbons (Fsp3) is 0.111. The van der Waals surface area contributed by atoms with Crippen molar-refractivity contribution in [3.8, 4) is 33.4 Å². The molecule has 16 rings (SSSR count). The van der Waals surface area contributed by atoms with Crippen molar-refractivity contribution in [2.45, 2.75) is 52.4 Å². The summed E-state index contributed by atoms with van der Waals surface area (Å²) >= 11 is 0. The summed E-state index contributed by atoms with van der Waals surface area (Å²) in [6, 6.07) is 64.8. The molecule has 81 heavy (non-hydrogen) atoms. The summed E-state index contributed by atoms with van der Waals surface area (Å²) in [6.45, 7) is 4.49. The van der Waals surface area contributed by atoms with Crippen LogP contribution in [0.3, 0.4) is 0 Å². The van der Waals surface area contributed by atoms with Crippen molar-refractivity contribution in [1.82, 2.24) is 24.9 Å². The molecule has 9 heteroatoms. The van der Waals surface area contributed by atoms with Gasteiger partial charge >= 0.3 is 0 Å². The molecule has 0 bridgehead atoms. The van der Waals surface area contributed by atoms with Gasteiger partial charge in [-0.05, 0) is 163 Å². The Hall–Kier alpha value is -9.33. The predicted molar refractivity (Wildman–Crippen MR) is 340 cm³/mol. The molecule has 4 aliphatic heterocycles. The van der Waals surface area contributed by atoms with Crippen LogP contribution in [-0.2, 0) is 32.1 Å². The summed E-state index contributed by atoms with van der Waals surface area (Å²) < 4.78 is 0. The Labute approximate surface area is 473 Å². The summed E-state index contributed by atoms with van der Waals surface area (Å²) in [5, 5.41) is 1.18. The number of aromatic nitrogens is 5. The molecule has 4 aromatic heterocycles. The molecular formula is C72H53B3N6. The molecule has 0 saturated carbocycles. The van der Waals surface area contributed by atoms with Crippen LogP contribution in [0.5, 0.6) is 0 Å². The molecule has 11 aromatic rings. The first-order chi connectivity index (χ1) is 39.9. The number of benzene rings is 7. The minimum atomic E-state index is 0.00878. The number of pyridine rings is 3. The Morgan fingerprint density at radius 2 is 1.00 bits per heavy atom. The zero-order valence-electron chi connectivity index (χ0n) is 45.4. The number of rotatable bonds is 9. The second-order valence-electron chi connectivity index (χ2n) is 22.8. The van der Waals surface area contributed by atoms with E-state index >= 15 is 0 Å². The minimum absolute atomic E-state index is 0.00878.